The van der Waals surface area contributed by atoms with Crippen LogP contribution in [0, 0.1) is 25.2 Å². The van der Waals surface area contributed by atoms with Crippen LogP contribution in [0.25, 0.3) is 0 Å². The van der Waals surface area contributed by atoms with E-state index >= 15 is 0 Å². The summed E-state index contributed by atoms with van der Waals surface area (Å²) >= 11 is 0. The number of carbonyl (C=O) groups excluding carboxylic acids is 1. The Hall–Kier alpha value is -1.44. The van der Waals surface area contributed by atoms with Gasteiger partial charge in [-0.05, 0) is 57.8 Å². The molecule has 1 aromatic carbocycles. The zero-order valence-electron chi connectivity index (χ0n) is 18.1. The lowest BCUT2D eigenvalue weighted by molar-refractivity contribution is -0.126. The second-order valence-corrected chi connectivity index (χ2v) is 11.0. The smallest absolute Gasteiger partial charge is 0.243 e. The summed E-state index contributed by atoms with van der Waals surface area (Å²) in [4.78, 5) is 15.0. The molecule has 6 nitrogen and oxygen atoms in total. The Morgan fingerprint density at radius 3 is 2.36 bits per heavy atom. The van der Waals surface area contributed by atoms with E-state index in [9.17, 15) is 13.2 Å². The second kappa shape index (κ2) is 8.93. The first-order valence-corrected chi connectivity index (χ1v) is 11.4. The van der Waals surface area contributed by atoms with E-state index in [0.717, 1.165) is 17.7 Å². The highest BCUT2D eigenvalue weighted by molar-refractivity contribution is 7.89. The fourth-order valence-electron chi connectivity index (χ4n) is 3.97. The average Bonchev–Trinajstić information content (AvgIpc) is 2.58. The summed E-state index contributed by atoms with van der Waals surface area (Å²) in [6.07, 6.45) is 1.12. The fraction of sp³-hybridized carbons (Fsp3) is 0.667. The van der Waals surface area contributed by atoms with Crippen molar-refractivity contribution in [1.82, 2.24) is 14.5 Å². The predicted molar refractivity (Wildman–Crippen MR) is 113 cm³/mol. The van der Waals surface area contributed by atoms with Crippen molar-refractivity contribution in [3.05, 3.63) is 29.3 Å². The molecule has 7 heteroatoms. The summed E-state index contributed by atoms with van der Waals surface area (Å²) in [7, 11) is 0.535. The van der Waals surface area contributed by atoms with Gasteiger partial charge in [-0.25, -0.2) is 8.42 Å². The molecule has 0 bridgehead atoms. The van der Waals surface area contributed by atoms with Crippen LogP contribution >= 0.6 is 0 Å². The number of hydrogen-bond donors (Lipinski definition) is 1. The standard InChI is InChI=1S/C21H35N3O3S/c1-16-7-8-19(17(2)13-16)28(26,27)24-11-9-18(10-12-24)20(25)22-14-21(3,4)15-23(5)6/h7-8,13,18H,9-12,14-15H2,1-6H3,(H,22,25). The monoisotopic (exact) mass is 409 g/mol. The van der Waals surface area contributed by atoms with Gasteiger partial charge in [0, 0.05) is 32.1 Å². The number of piperidine rings is 1. The number of nitrogens with zero attached hydrogens (tertiary/aromatic N) is 2. The van der Waals surface area contributed by atoms with Crippen LogP contribution < -0.4 is 5.32 Å². The van der Waals surface area contributed by atoms with Gasteiger partial charge in [-0.1, -0.05) is 31.5 Å². The van der Waals surface area contributed by atoms with Gasteiger partial charge in [-0.2, -0.15) is 4.31 Å². The van der Waals surface area contributed by atoms with Gasteiger partial charge in [0.25, 0.3) is 0 Å². The van der Waals surface area contributed by atoms with Crippen molar-refractivity contribution in [3.63, 3.8) is 0 Å². The average molecular weight is 410 g/mol. The minimum Gasteiger partial charge on any atom is -0.355 e. The van der Waals surface area contributed by atoms with E-state index in [1.807, 2.05) is 40.1 Å². The third-order valence-corrected chi connectivity index (χ3v) is 7.32. The number of benzene rings is 1. The topological polar surface area (TPSA) is 69.7 Å². The van der Waals surface area contributed by atoms with Crippen LogP contribution in [0.15, 0.2) is 23.1 Å². The van der Waals surface area contributed by atoms with Gasteiger partial charge in [-0.15, -0.1) is 0 Å². The molecule has 1 N–H and O–H groups in total. The molecule has 2 rings (SSSR count). The van der Waals surface area contributed by atoms with E-state index in [0.29, 0.717) is 37.4 Å². The molecule has 1 aliphatic heterocycles. The maximum Gasteiger partial charge on any atom is 0.243 e. The van der Waals surface area contributed by atoms with Gasteiger partial charge < -0.3 is 10.2 Å². The molecule has 0 aliphatic carbocycles. The zero-order chi connectivity index (χ0) is 21.1. The van der Waals surface area contributed by atoms with Crippen molar-refractivity contribution < 1.29 is 13.2 Å². The molecule has 0 saturated carbocycles. The van der Waals surface area contributed by atoms with E-state index in [4.69, 9.17) is 0 Å². The normalized spacial score (nSPS) is 17.1. The van der Waals surface area contributed by atoms with E-state index in [2.05, 4.69) is 24.1 Å². The largest absolute Gasteiger partial charge is 0.355 e. The van der Waals surface area contributed by atoms with Crippen molar-refractivity contribution in [2.45, 2.75) is 45.4 Å². The molecule has 1 amide bonds. The Morgan fingerprint density at radius 2 is 1.82 bits per heavy atom. The summed E-state index contributed by atoms with van der Waals surface area (Å²) in [5.41, 5.74) is 1.80. The highest BCUT2D eigenvalue weighted by Crippen LogP contribution is 2.26. The molecule has 28 heavy (non-hydrogen) atoms. The van der Waals surface area contributed by atoms with Gasteiger partial charge in [0.1, 0.15) is 0 Å². The number of sulfonamides is 1. The quantitative estimate of drug-likeness (QED) is 0.751. The highest BCUT2D eigenvalue weighted by atomic mass is 32.2. The third-order valence-electron chi connectivity index (χ3n) is 5.26. The predicted octanol–water partition coefficient (Wildman–Crippen LogP) is 2.41. The summed E-state index contributed by atoms with van der Waals surface area (Å²) < 4.78 is 27.5. The van der Waals surface area contributed by atoms with Crippen molar-refractivity contribution in [3.8, 4) is 0 Å². The highest BCUT2D eigenvalue weighted by Gasteiger charge is 2.33. The lowest BCUT2D eigenvalue weighted by Gasteiger charge is -2.32. The van der Waals surface area contributed by atoms with Crippen molar-refractivity contribution in [2.75, 3.05) is 40.3 Å². The van der Waals surface area contributed by atoms with Gasteiger partial charge in [0.2, 0.25) is 15.9 Å². The molecule has 1 aromatic rings. The number of carbonyl (C=O) groups is 1. The molecule has 158 valence electrons. The summed E-state index contributed by atoms with van der Waals surface area (Å²) in [6, 6.07) is 5.41. The first kappa shape index (κ1) is 22.8. The van der Waals surface area contributed by atoms with Crippen LogP contribution in [0.4, 0.5) is 0 Å². The minimum atomic E-state index is -3.51. The van der Waals surface area contributed by atoms with Crippen LogP contribution in [-0.2, 0) is 14.8 Å². The van der Waals surface area contributed by atoms with Crippen LogP contribution in [0.2, 0.25) is 0 Å². The fourth-order valence-corrected chi connectivity index (χ4v) is 5.64. The van der Waals surface area contributed by atoms with E-state index in [1.165, 1.54) is 4.31 Å². The third kappa shape index (κ3) is 5.78. The Balaban J connectivity index is 1.94. The Kier molecular flexibility index (Phi) is 7.28. The van der Waals surface area contributed by atoms with Crippen molar-refractivity contribution in [2.24, 2.45) is 11.3 Å². The van der Waals surface area contributed by atoms with E-state index in [-0.39, 0.29) is 17.2 Å². The van der Waals surface area contributed by atoms with Crippen LogP contribution in [0.5, 0.6) is 0 Å². The first-order chi connectivity index (χ1) is 12.9. The maximum atomic E-state index is 13.0. The minimum absolute atomic E-state index is 0.00777. The molecule has 0 aromatic heterocycles. The zero-order valence-corrected chi connectivity index (χ0v) is 18.9. The van der Waals surface area contributed by atoms with Crippen molar-refractivity contribution >= 4 is 15.9 Å². The number of hydrogen-bond acceptors (Lipinski definition) is 4. The summed E-state index contributed by atoms with van der Waals surface area (Å²) in [5.74, 6) is -0.0869. The molecule has 0 atom stereocenters. The molecular formula is C21H35N3O3S. The molecule has 0 radical (unpaired) electrons. The lowest BCUT2D eigenvalue weighted by Crippen LogP contribution is -2.46. The van der Waals surface area contributed by atoms with Gasteiger partial charge in [0.15, 0.2) is 0 Å². The summed E-state index contributed by atoms with van der Waals surface area (Å²) in [5, 5.41) is 3.07. The number of amides is 1. The summed E-state index contributed by atoms with van der Waals surface area (Å²) in [6.45, 7) is 10.3. The molecule has 1 saturated heterocycles. The molecule has 1 heterocycles. The number of rotatable bonds is 7. The molecule has 1 aliphatic rings. The number of aryl methyl sites for hydroxylation is 2. The maximum absolute atomic E-state index is 13.0. The van der Waals surface area contributed by atoms with Crippen LogP contribution in [-0.4, -0.2) is 63.8 Å². The second-order valence-electron chi connectivity index (χ2n) is 9.07. The molecule has 0 unspecified atom stereocenters. The number of nitrogens with one attached hydrogen (secondary N) is 1. The first-order valence-electron chi connectivity index (χ1n) is 9.92. The van der Waals surface area contributed by atoms with Crippen LogP contribution in [0.1, 0.15) is 37.8 Å². The van der Waals surface area contributed by atoms with Gasteiger partial charge >= 0.3 is 0 Å². The Bertz CT molecular complexity index is 795. The van der Waals surface area contributed by atoms with E-state index in [1.54, 1.807) is 6.07 Å². The van der Waals surface area contributed by atoms with E-state index < -0.39 is 10.0 Å². The van der Waals surface area contributed by atoms with Crippen LogP contribution in [0.3, 0.4) is 0 Å². The Morgan fingerprint density at radius 1 is 1.21 bits per heavy atom. The lowest BCUT2D eigenvalue weighted by atomic mass is 9.91. The molecular weight excluding hydrogens is 374 g/mol. The van der Waals surface area contributed by atoms with Gasteiger partial charge in [0.05, 0.1) is 4.90 Å². The Labute approximate surface area is 170 Å². The molecule has 1 fully saturated rings. The van der Waals surface area contributed by atoms with Crippen molar-refractivity contribution in [1.29, 1.82) is 0 Å². The SMILES string of the molecule is Cc1ccc(S(=O)(=O)N2CCC(C(=O)NCC(C)(C)CN(C)C)CC2)c(C)c1. The van der Waals surface area contributed by atoms with Gasteiger partial charge in [-0.3, -0.25) is 4.79 Å². The molecule has 0 spiro atoms.